The van der Waals surface area contributed by atoms with Crippen molar-refractivity contribution in [1.82, 2.24) is 15.1 Å². The number of nitrogens with zero attached hydrogens (tertiary/aromatic N) is 2. The maximum Gasteiger partial charge on any atom is 0.0849 e. The first-order chi connectivity index (χ1) is 9.17. The molecule has 0 spiro atoms. The monoisotopic (exact) mass is 285 g/mol. The molecule has 19 heavy (non-hydrogen) atoms. The predicted octanol–water partition coefficient (Wildman–Crippen LogP) is 3.83. The van der Waals surface area contributed by atoms with Gasteiger partial charge in [-0.25, -0.2) is 0 Å². The van der Waals surface area contributed by atoms with E-state index in [0.29, 0.717) is 6.04 Å². The Kier molecular flexibility index (Phi) is 7.47. The molecule has 110 valence electrons. The quantitative estimate of drug-likeness (QED) is 0.747. The predicted molar refractivity (Wildman–Crippen MR) is 83.0 cm³/mol. The molecule has 0 fully saturated rings. The van der Waals surface area contributed by atoms with Crippen molar-refractivity contribution in [2.45, 2.75) is 72.4 Å². The Morgan fingerprint density at radius 1 is 1.26 bits per heavy atom. The van der Waals surface area contributed by atoms with E-state index >= 15 is 0 Å². The number of nitrogens with one attached hydrogen (secondary N) is 1. The third-order valence-corrected chi connectivity index (χ3v) is 4.08. The lowest BCUT2D eigenvalue weighted by Crippen LogP contribution is -2.28. The molecular formula is C15H28ClN3. The second kappa shape index (κ2) is 8.60. The maximum atomic E-state index is 6.42. The summed E-state index contributed by atoms with van der Waals surface area (Å²) in [5, 5.41) is 8.98. The highest BCUT2D eigenvalue weighted by molar-refractivity contribution is 6.31. The van der Waals surface area contributed by atoms with Gasteiger partial charge in [0.2, 0.25) is 0 Å². The Morgan fingerprint density at radius 2 is 2.00 bits per heavy atom. The van der Waals surface area contributed by atoms with Gasteiger partial charge in [-0.05, 0) is 45.6 Å². The molecular weight excluding hydrogens is 258 g/mol. The molecule has 0 amide bonds. The molecule has 0 radical (unpaired) electrons. The average molecular weight is 286 g/mol. The van der Waals surface area contributed by atoms with E-state index in [0.717, 1.165) is 36.6 Å². The smallest absolute Gasteiger partial charge is 0.0849 e. The first-order valence-electron chi connectivity index (χ1n) is 7.65. The van der Waals surface area contributed by atoms with E-state index in [2.05, 4.69) is 42.8 Å². The van der Waals surface area contributed by atoms with Gasteiger partial charge in [0.15, 0.2) is 0 Å². The van der Waals surface area contributed by atoms with Gasteiger partial charge in [0.05, 0.1) is 16.4 Å². The van der Waals surface area contributed by atoms with Gasteiger partial charge in [-0.2, -0.15) is 5.10 Å². The number of aromatic nitrogens is 2. The molecule has 1 N–H and O–H groups in total. The Morgan fingerprint density at radius 3 is 2.53 bits per heavy atom. The zero-order valence-electron chi connectivity index (χ0n) is 12.8. The molecule has 3 nitrogen and oxygen atoms in total. The van der Waals surface area contributed by atoms with Gasteiger partial charge in [0.25, 0.3) is 0 Å². The van der Waals surface area contributed by atoms with Crippen LogP contribution in [0.1, 0.15) is 58.3 Å². The lowest BCUT2D eigenvalue weighted by Gasteiger charge is -2.15. The summed E-state index contributed by atoms with van der Waals surface area (Å²) in [7, 11) is 0. The summed E-state index contributed by atoms with van der Waals surface area (Å²) in [6, 6.07) is 0.632. The van der Waals surface area contributed by atoms with Crippen molar-refractivity contribution < 1.29 is 0 Å². The van der Waals surface area contributed by atoms with Crippen LogP contribution in [-0.2, 0) is 19.4 Å². The topological polar surface area (TPSA) is 29.9 Å². The summed E-state index contributed by atoms with van der Waals surface area (Å²) in [5.74, 6) is 0. The lowest BCUT2D eigenvalue weighted by molar-refractivity contribution is 0.462. The maximum absolute atomic E-state index is 6.42. The van der Waals surface area contributed by atoms with Crippen molar-refractivity contribution in [1.29, 1.82) is 0 Å². The van der Waals surface area contributed by atoms with Gasteiger partial charge in [-0.1, -0.05) is 32.4 Å². The number of halogens is 1. The second-order valence-electron chi connectivity index (χ2n) is 4.93. The number of aryl methyl sites for hydroxylation is 2. The zero-order valence-corrected chi connectivity index (χ0v) is 13.6. The van der Waals surface area contributed by atoms with E-state index in [1.165, 1.54) is 25.0 Å². The van der Waals surface area contributed by atoms with Gasteiger partial charge < -0.3 is 5.32 Å². The number of rotatable bonds is 9. The van der Waals surface area contributed by atoms with Crippen LogP contribution in [-0.4, -0.2) is 22.4 Å². The minimum Gasteiger partial charge on any atom is -0.314 e. The fourth-order valence-corrected chi connectivity index (χ4v) is 2.87. The molecule has 0 aliphatic heterocycles. The van der Waals surface area contributed by atoms with E-state index in [4.69, 9.17) is 11.6 Å². The van der Waals surface area contributed by atoms with Crippen LogP contribution < -0.4 is 5.32 Å². The van der Waals surface area contributed by atoms with Crippen molar-refractivity contribution in [3.05, 3.63) is 16.4 Å². The molecule has 1 atom stereocenters. The molecule has 0 aliphatic rings. The average Bonchev–Trinajstić information content (AvgIpc) is 2.74. The van der Waals surface area contributed by atoms with Crippen LogP contribution in [0.25, 0.3) is 0 Å². The lowest BCUT2D eigenvalue weighted by atomic mass is 10.1. The van der Waals surface area contributed by atoms with Crippen molar-refractivity contribution in [2.75, 3.05) is 6.54 Å². The molecule has 0 aliphatic carbocycles. The molecule has 0 aromatic carbocycles. The van der Waals surface area contributed by atoms with Gasteiger partial charge in [-0.3, -0.25) is 4.68 Å². The second-order valence-corrected chi connectivity index (χ2v) is 5.31. The fraction of sp³-hybridized carbons (Fsp3) is 0.800. The highest BCUT2D eigenvalue weighted by Crippen LogP contribution is 2.23. The number of hydrogen-bond acceptors (Lipinski definition) is 2. The van der Waals surface area contributed by atoms with Crippen LogP contribution in [0.2, 0.25) is 5.02 Å². The summed E-state index contributed by atoms with van der Waals surface area (Å²) < 4.78 is 2.06. The van der Waals surface area contributed by atoms with Crippen LogP contribution in [0.15, 0.2) is 0 Å². The zero-order chi connectivity index (χ0) is 14.3. The van der Waals surface area contributed by atoms with Crippen molar-refractivity contribution in [3.8, 4) is 0 Å². The molecule has 0 saturated carbocycles. The van der Waals surface area contributed by atoms with Crippen LogP contribution in [0.4, 0.5) is 0 Å². The summed E-state index contributed by atoms with van der Waals surface area (Å²) >= 11 is 6.42. The highest BCUT2D eigenvalue weighted by atomic mass is 35.5. The first kappa shape index (κ1) is 16.5. The van der Waals surface area contributed by atoms with Crippen molar-refractivity contribution in [2.24, 2.45) is 0 Å². The van der Waals surface area contributed by atoms with E-state index in [1.807, 2.05) is 0 Å². The van der Waals surface area contributed by atoms with Crippen LogP contribution in [0.3, 0.4) is 0 Å². The first-order valence-corrected chi connectivity index (χ1v) is 8.02. The third-order valence-electron chi connectivity index (χ3n) is 3.65. The van der Waals surface area contributed by atoms with E-state index in [-0.39, 0.29) is 0 Å². The van der Waals surface area contributed by atoms with E-state index < -0.39 is 0 Å². The van der Waals surface area contributed by atoms with Gasteiger partial charge in [0.1, 0.15) is 0 Å². The Bertz CT molecular complexity index is 374. The van der Waals surface area contributed by atoms with Crippen molar-refractivity contribution >= 4 is 11.6 Å². The number of hydrogen-bond donors (Lipinski definition) is 1. The Balaban J connectivity index is 2.59. The highest BCUT2D eigenvalue weighted by Gasteiger charge is 2.14. The third kappa shape index (κ3) is 4.50. The minimum absolute atomic E-state index is 0.632. The standard InChI is InChI=1S/C15H28ClN3/c1-5-12(17-7-3)10-9-11-14-15(16)13(6-2)18-19(14)8-4/h12,17H,5-11H2,1-4H3. The van der Waals surface area contributed by atoms with Gasteiger partial charge >= 0.3 is 0 Å². The molecule has 1 rings (SSSR count). The van der Waals surface area contributed by atoms with Crippen LogP contribution in [0.5, 0.6) is 0 Å². The molecule has 1 aromatic heterocycles. The molecule has 1 aromatic rings. The Hall–Kier alpha value is -0.540. The molecule has 4 heteroatoms. The van der Waals surface area contributed by atoms with E-state index in [9.17, 15) is 0 Å². The SMILES string of the molecule is CCNC(CC)CCCc1c(Cl)c(CC)nn1CC. The summed E-state index contributed by atoms with van der Waals surface area (Å²) in [6.45, 7) is 10.6. The minimum atomic E-state index is 0.632. The van der Waals surface area contributed by atoms with E-state index in [1.54, 1.807) is 0 Å². The normalized spacial score (nSPS) is 12.9. The van der Waals surface area contributed by atoms with Crippen molar-refractivity contribution in [3.63, 3.8) is 0 Å². The fourth-order valence-electron chi connectivity index (χ4n) is 2.51. The van der Waals surface area contributed by atoms with Crippen LogP contribution in [0, 0.1) is 0 Å². The summed E-state index contributed by atoms with van der Waals surface area (Å²) in [6.07, 6.45) is 5.50. The Labute approximate surface area is 122 Å². The van der Waals surface area contributed by atoms with Gasteiger partial charge in [0, 0.05) is 12.6 Å². The van der Waals surface area contributed by atoms with Crippen LogP contribution >= 0.6 is 11.6 Å². The molecule has 1 unspecified atom stereocenters. The molecule has 0 bridgehead atoms. The largest absolute Gasteiger partial charge is 0.314 e. The summed E-state index contributed by atoms with van der Waals surface area (Å²) in [5.41, 5.74) is 2.25. The summed E-state index contributed by atoms with van der Waals surface area (Å²) in [4.78, 5) is 0. The molecule has 0 saturated heterocycles. The molecule has 1 heterocycles. The van der Waals surface area contributed by atoms with Gasteiger partial charge in [-0.15, -0.1) is 0 Å².